The van der Waals surface area contributed by atoms with E-state index in [1.165, 1.54) is 6.08 Å². The number of nitrogens with one attached hydrogen (secondary N) is 1. The third-order valence-electron chi connectivity index (χ3n) is 2.80. The standard InChI is InChI=1S/C16H16BrN3O/c1-2-3-4-9-16(21)19-15-10-11-18-20(15)12-13-7-5-6-8-14(13)17/h2-11H,12H2,1H3,(H,19,21). The van der Waals surface area contributed by atoms with E-state index >= 15 is 0 Å². The summed E-state index contributed by atoms with van der Waals surface area (Å²) in [6.45, 7) is 2.48. The Morgan fingerprint density at radius 2 is 2.14 bits per heavy atom. The van der Waals surface area contributed by atoms with E-state index < -0.39 is 0 Å². The highest BCUT2D eigenvalue weighted by Gasteiger charge is 2.07. The first-order chi connectivity index (χ1) is 10.2. The number of halogens is 1. The lowest BCUT2D eigenvalue weighted by molar-refractivity contribution is -0.111. The predicted octanol–water partition coefficient (Wildman–Crippen LogP) is 3.76. The van der Waals surface area contributed by atoms with Crippen molar-refractivity contribution in [2.45, 2.75) is 13.5 Å². The molecule has 1 amide bonds. The molecule has 1 N–H and O–H groups in total. The molecule has 1 aromatic carbocycles. The summed E-state index contributed by atoms with van der Waals surface area (Å²) in [6, 6.07) is 9.71. The molecule has 0 aliphatic heterocycles. The fraction of sp³-hybridized carbons (Fsp3) is 0.125. The molecule has 0 spiro atoms. The molecule has 1 heterocycles. The summed E-state index contributed by atoms with van der Waals surface area (Å²) in [5.41, 5.74) is 1.10. The van der Waals surface area contributed by atoms with Gasteiger partial charge in [0, 0.05) is 16.6 Å². The van der Waals surface area contributed by atoms with Gasteiger partial charge in [-0.1, -0.05) is 52.4 Å². The Morgan fingerprint density at radius 1 is 1.33 bits per heavy atom. The number of aromatic nitrogens is 2. The summed E-state index contributed by atoms with van der Waals surface area (Å²) in [6.07, 6.45) is 8.51. The fourth-order valence-corrected chi connectivity index (χ4v) is 2.18. The number of allylic oxidation sites excluding steroid dienone is 3. The largest absolute Gasteiger partial charge is 0.307 e. The Labute approximate surface area is 132 Å². The van der Waals surface area contributed by atoms with Crippen molar-refractivity contribution in [3.05, 3.63) is 70.9 Å². The second-order valence-corrected chi connectivity index (χ2v) is 5.19. The van der Waals surface area contributed by atoms with Crippen LogP contribution in [0.5, 0.6) is 0 Å². The molecule has 2 rings (SSSR count). The maximum Gasteiger partial charge on any atom is 0.249 e. The van der Waals surface area contributed by atoms with Gasteiger partial charge in [-0.15, -0.1) is 0 Å². The molecule has 5 heteroatoms. The molecule has 1 aromatic heterocycles. The highest BCUT2D eigenvalue weighted by Crippen LogP contribution is 2.18. The zero-order chi connectivity index (χ0) is 15.1. The molecule has 0 saturated carbocycles. The lowest BCUT2D eigenvalue weighted by Crippen LogP contribution is -2.13. The van der Waals surface area contributed by atoms with E-state index in [4.69, 9.17) is 0 Å². The van der Waals surface area contributed by atoms with Gasteiger partial charge in [0.15, 0.2) is 0 Å². The molecule has 0 atom stereocenters. The zero-order valence-corrected chi connectivity index (χ0v) is 13.2. The van der Waals surface area contributed by atoms with Gasteiger partial charge in [-0.25, -0.2) is 4.68 Å². The number of rotatable bonds is 5. The van der Waals surface area contributed by atoms with E-state index in [2.05, 4.69) is 26.3 Å². The first kappa shape index (κ1) is 15.3. The average molecular weight is 346 g/mol. The van der Waals surface area contributed by atoms with Crippen molar-refractivity contribution in [1.82, 2.24) is 9.78 Å². The number of carbonyl (C=O) groups excluding carboxylic acids is 1. The van der Waals surface area contributed by atoms with Gasteiger partial charge < -0.3 is 5.32 Å². The van der Waals surface area contributed by atoms with Gasteiger partial charge in [-0.05, 0) is 18.6 Å². The van der Waals surface area contributed by atoms with Crippen molar-refractivity contribution in [1.29, 1.82) is 0 Å². The summed E-state index contributed by atoms with van der Waals surface area (Å²) in [4.78, 5) is 11.8. The molecular formula is C16H16BrN3O. The summed E-state index contributed by atoms with van der Waals surface area (Å²) in [5, 5.41) is 7.06. The normalized spacial score (nSPS) is 11.3. The smallest absolute Gasteiger partial charge is 0.249 e. The summed E-state index contributed by atoms with van der Waals surface area (Å²) >= 11 is 3.51. The highest BCUT2D eigenvalue weighted by atomic mass is 79.9. The number of nitrogens with zero attached hydrogens (tertiary/aromatic N) is 2. The first-order valence-electron chi connectivity index (χ1n) is 6.56. The summed E-state index contributed by atoms with van der Waals surface area (Å²) in [5.74, 6) is 0.489. The van der Waals surface area contributed by atoms with Gasteiger partial charge in [0.2, 0.25) is 5.91 Å². The van der Waals surface area contributed by atoms with Crippen LogP contribution >= 0.6 is 15.9 Å². The third-order valence-corrected chi connectivity index (χ3v) is 3.57. The minimum atomic E-state index is -0.179. The molecule has 0 unspecified atom stereocenters. The van der Waals surface area contributed by atoms with Crippen molar-refractivity contribution in [3.8, 4) is 0 Å². The van der Waals surface area contributed by atoms with Crippen molar-refractivity contribution < 1.29 is 4.79 Å². The Balaban J connectivity index is 2.09. The van der Waals surface area contributed by atoms with E-state index in [1.807, 2.05) is 37.3 Å². The van der Waals surface area contributed by atoms with Crippen LogP contribution in [-0.4, -0.2) is 15.7 Å². The lowest BCUT2D eigenvalue weighted by Gasteiger charge is -2.09. The second-order valence-electron chi connectivity index (χ2n) is 4.34. The third kappa shape index (κ3) is 4.43. The fourth-order valence-electron chi connectivity index (χ4n) is 1.77. The van der Waals surface area contributed by atoms with Crippen LogP contribution in [0.2, 0.25) is 0 Å². The molecular weight excluding hydrogens is 330 g/mol. The van der Waals surface area contributed by atoms with Crippen LogP contribution in [0.1, 0.15) is 12.5 Å². The second kappa shape index (κ2) is 7.59. The zero-order valence-electron chi connectivity index (χ0n) is 11.7. The number of amides is 1. The molecule has 4 nitrogen and oxygen atoms in total. The van der Waals surface area contributed by atoms with Gasteiger partial charge in [-0.2, -0.15) is 5.10 Å². The van der Waals surface area contributed by atoms with E-state index in [0.29, 0.717) is 12.4 Å². The Hall–Kier alpha value is -2.14. The Bertz CT molecular complexity index is 674. The highest BCUT2D eigenvalue weighted by molar-refractivity contribution is 9.10. The number of hydrogen-bond donors (Lipinski definition) is 1. The van der Waals surface area contributed by atoms with Crippen LogP contribution in [0.4, 0.5) is 5.82 Å². The van der Waals surface area contributed by atoms with Crippen molar-refractivity contribution in [2.75, 3.05) is 5.32 Å². The first-order valence-corrected chi connectivity index (χ1v) is 7.35. The molecule has 0 bridgehead atoms. The van der Waals surface area contributed by atoms with Gasteiger partial charge in [-0.3, -0.25) is 4.79 Å². The maximum atomic E-state index is 11.8. The minimum absolute atomic E-state index is 0.179. The van der Waals surface area contributed by atoms with E-state index in [-0.39, 0.29) is 5.91 Å². The molecule has 0 fully saturated rings. The van der Waals surface area contributed by atoms with Crippen LogP contribution in [0.15, 0.2) is 65.3 Å². The lowest BCUT2D eigenvalue weighted by atomic mass is 10.2. The average Bonchev–Trinajstić information content (AvgIpc) is 2.89. The van der Waals surface area contributed by atoms with Crippen molar-refractivity contribution in [2.24, 2.45) is 0 Å². The van der Waals surface area contributed by atoms with Gasteiger partial charge in [0.05, 0.1) is 12.7 Å². The van der Waals surface area contributed by atoms with Crippen LogP contribution in [0, 0.1) is 0 Å². The van der Waals surface area contributed by atoms with Crippen LogP contribution in [0.25, 0.3) is 0 Å². The predicted molar refractivity (Wildman–Crippen MR) is 88.1 cm³/mol. The van der Waals surface area contributed by atoms with E-state index in [1.54, 1.807) is 29.1 Å². The Kier molecular flexibility index (Phi) is 5.51. The van der Waals surface area contributed by atoms with Gasteiger partial charge in [0.1, 0.15) is 5.82 Å². The van der Waals surface area contributed by atoms with Crippen molar-refractivity contribution >= 4 is 27.7 Å². The number of hydrogen-bond acceptors (Lipinski definition) is 2. The van der Waals surface area contributed by atoms with Crippen LogP contribution in [0.3, 0.4) is 0 Å². The molecule has 0 aliphatic carbocycles. The van der Waals surface area contributed by atoms with Gasteiger partial charge in [0.25, 0.3) is 0 Å². The van der Waals surface area contributed by atoms with E-state index in [0.717, 1.165) is 10.0 Å². The number of anilines is 1. The SMILES string of the molecule is CC=CC=CC(=O)Nc1ccnn1Cc1ccccc1Br. The molecule has 0 radical (unpaired) electrons. The minimum Gasteiger partial charge on any atom is -0.307 e. The summed E-state index contributed by atoms with van der Waals surface area (Å²) < 4.78 is 2.77. The van der Waals surface area contributed by atoms with Crippen LogP contribution in [-0.2, 0) is 11.3 Å². The maximum absolute atomic E-state index is 11.8. The molecule has 21 heavy (non-hydrogen) atoms. The quantitative estimate of drug-likeness (QED) is 0.662. The van der Waals surface area contributed by atoms with Gasteiger partial charge >= 0.3 is 0 Å². The summed E-state index contributed by atoms with van der Waals surface area (Å²) in [7, 11) is 0. The number of carbonyl (C=O) groups is 1. The Morgan fingerprint density at radius 3 is 2.90 bits per heavy atom. The van der Waals surface area contributed by atoms with E-state index in [9.17, 15) is 4.79 Å². The molecule has 0 aliphatic rings. The monoisotopic (exact) mass is 345 g/mol. The van der Waals surface area contributed by atoms with Crippen LogP contribution < -0.4 is 5.32 Å². The van der Waals surface area contributed by atoms with Crippen molar-refractivity contribution in [3.63, 3.8) is 0 Å². The molecule has 108 valence electrons. The number of benzene rings is 1. The molecule has 2 aromatic rings. The topological polar surface area (TPSA) is 46.9 Å². The molecule has 0 saturated heterocycles.